The van der Waals surface area contributed by atoms with E-state index >= 15 is 0 Å². The molecule has 3 heteroatoms. The minimum absolute atomic E-state index is 0.205. The molecule has 0 aromatic heterocycles. The zero-order chi connectivity index (χ0) is 13.6. The van der Waals surface area contributed by atoms with Gasteiger partial charge in [-0.15, -0.1) is 0 Å². The van der Waals surface area contributed by atoms with Crippen LogP contribution in [0.1, 0.15) is 59.8 Å². The fourth-order valence-electron chi connectivity index (χ4n) is 2.86. The topological polar surface area (TPSA) is 44.3 Å². The van der Waals surface area contributed by atoms with Gasteiger partial charge in [-0.3, -0.25) is 0 Å². The molecule has 1 aliphatic rings. The second-order valence-corrected chi connectivity index (χ2v) is 6.88. The molecule has 1 saturated heterocycles. The average Bonchev–Trinajstić information content (AvgIpc) is 2.28. The summed E-state index contributed by atoms with van der Waals surface area (Å²) in [6, 6.07) is 1.58. The fraction of sp³-hybridized carbons (Fsp3) is 1.00. The van der Waals surface area contributed by atoms with E-state index in [4.69, 9.17) is 0 Å². The lowest BCUT2D eigenvalue weighted by molar-refractivity contribution is 0.181. The molecule has 0 aliphatic carbocycles. The summed E-state index contributed by atoms with van der Waals surface area (Å²) in [5.74, 6) is 0. The van der Waals surface area contributed by atoms with Crippen molar-refractivity contribution in [2.24, 2.45) is 5.41 Å². The summed E-state index contributed by atoms with van der Waals surface area (Å²) < 4.78 is 0. The van der Waals surface area contributed by atoms with Crippen LogP contribution >= 0.6 is 0 Å². The maximum absolute atomic E-state index is 9.18. The number of aliphatic hydroxyl groups excluding tert-OH is 1. The standard InChI is InChI=1S/C15H32N2O/c1-12(11-13-7-5-6-9-16-13)17-14(8-10-18)15(2,3)4/h12-14,16-18H,5-11H2,1-4H3. The first kappa shape index (κ1) is 15.9. The van der Waals surface area contributed by atoms with Gasteiger partial charge in [-0.25, -0.2) is 0 Å². The highest BCUT2D eigenvalue weighted by molar-refractivity contribution is 4.85. The molecule has 0 radical (unpaired) electrons. The Bertz CT molecular complexity index is 219. The third-order valence-corrected chi connectivity index (χ3v) is 4.00. The Hall–Kier alpha value is -0.120. The van der Waals surface area contributed by atoms with E-state index in [1.807, 2.05) is 0 Å². The van der Waals surface area contributed by atoms with Crippen LogP contribution in [0, 0.1) is 5.41 Å². The zero-order valence-corrected chi connectivity index (χ0v) is 12.6. The maximum Gasteiger partial charge on any atom is 0.0446 e. The number of aliphatic hydroxyl groups is 1. The smallest absolute Gasteiger partial charge is 0.0446 e. The molecule has 1 rings (SSSR count). The normalized spacial score (nSPS) is 24.8. The van der Waals surface area contributed by atoms with Crippen molar-refractivity contribution in [2.45, 2.75) is 77.9 Å². The Labute approximate surface area is 113 Å². The van der Waals surface area contributed by atoms with Gasteiger partial charge in [0.25, 0.3) is 0 Å². The highest BCUT2D eigenvalue weighted by Crippen LogP contribution is 2.23. The van der Waals surface area contributed by atoms with Crippen LogP contribution < -0.4 is 10.6 Å². The van der Waals surface area contributed by atoms with Crippen molar-refractivity contribution < 1.29 is 5.11 Å². The molecular formula is C15H32N2O. The number of hydrogen-bond acceptors (Lipinski definition) is 3. The van der Waals surface area contributed by atoms with Gasteiger partial charge in [-0.05, 0) is 44.6 Å². The third-order valence-electron chi connectivity index (χ3n) is 4.00. The van der Waals surface area contributed by atoms with Crippen LogP contribution in [0.4, 0.5) is 0 Å². The predicted molar refractivity (Wildman–Crippen MR) is 77.8 cm³/mol. The molecule has 3 unspecified atom stereocenters. The minimum atomic E-state index is 0.205. The Balaban J connectivity index is 2.37. The number of piperidine rings is 1. The van der Waals surface area contributed by atoms with Crippen molar-refractivity contribution in [1.29, 1.82) is 0 Å². The van der Waals surface area contributed by atoms with Gasteiger partial charge in [-0.2, -0.15) is 0 Å². The van der Waals surface area contributed by atoms with Crippen molar-refractivity contribution in [3.8, 4) is 0 Å². The molecule has 1 fully saturated rings. The summed E-state index contributed by atoms with van der Waals surface area (Å²) in [4.78, 5) is 0. The summed E-state index contributed by atoms with van der Waals surface area (Å²) >= 11 is 0. The quantitative estimate of drug-likeness (QED) is 0.683. The van der Waals surface area contributed by atoms with E-state index in [0.717, 1.165) is 6.42 Å². The molecule has 0 aromatic rings. The van der Waals surface area contributed by atoms with Crippen LogP contribution in [0.5, 0.6) is 0 Å². The van der Waals surface area contributed by atoms with Crippen LogP contribution in [0.15, 0.2) is 0 Å². The summed E-state index contributed by atoms with van der Waals surface area (Å²) in [6.07, 6.45) is 6.04. The molecule has 0 saturated carbocycles. The first-order valence-corrected chi connectivity index (χ1v) is 7.53. The van der Waals surface area contributed by atoms with E-state index in [9.17, 15) is 5.11 Å². The second kappa shape index (κ2) is 7.46. The molecule has 3 N–H and O–H groups in total. The fourth-order valence-corrected chi connectivity index (χ4v) is 2.86. The molecule has 1 aliphatic heterocycles. The third kappa shape index (κ3) is 5.68. The lowest BCUT2D eigenvalue weighted by Crippen LogP contribution is -2.48. The van der Waals surface area contributed by atoms with Gasteiger partial charge in [0.1, 0.15) is 0 Å². The monoisotopic (exact) mass is 256 g/mol. The van der Waals surface area contributed by atoms with Gasteiger partial charge in [0.15, 0.2) is 0 Å². The van der Waals surface area contributed by atoms with Crippen molar-refractivity contribution in [2.75, 3.05) is 13.2 Å². The predicted octanol–water partition coefficient (Wildman–Crippen LogP) is 2.29. The number of hydrogen-bond donors (Lipinski definition) is 3. The van der Waals surface area contributed by atoms with Crippen LogP contribution in [0.25, 0.3) is 0 Å². The number of rotatable bonds is 6. The largest absolute Gasteiger partial charge is 0.396 e. The van der Waals surface area contributed by atoms with Gasteiger partial charge in [0.2, 0.25) is 0 Å². The van der Waals surface area contributed by atoms with E-state index < -0.39 is 0 Å². The minimum Gasteiger partial charge on any atom is -0.396 e. The molecule has 108 valence electrons. The second-order valence-electron chi connectivity index (χ2n) is 6.88. The summed E-state index contributed by atoms with van der Waals surface area (Å²) in [6.45, 7) is 10.4. The van der Waals surface area contributed by atoms with Crippen LogP contribution in [-0.4, -0.2) is 36.4 Å². The molecule has 0 bridgehead atoms. The van der Waals surface area contributed by atoms with Crippen LogP contribution in [-0.2, 0) is 0 Å². The van der Waals surface area contributed by atoms with Crippen LogP contribution in [0.2, 0.25) is 0 Å². The van der Waals surface area contributed by atoms with E-state index in [-0.39, 0.29) is 12.0 Å². The van der Waals surface area contributed by atoms with Crippen molar-refractivity contribution in [3.63, 3.8) is 0 Å². The summed E-state index contributed by atoms with van der Waals surface area (Å²) in [5.41, 5.74) is 0.205. The SMILES string of the molecule is CC(CC1CCCCN1)NC(CCO)C(C)(C)C. The van der Waals surface area contributed by atoms with Gasteiger partial charge < -0.3 is 15.7 Å². The maximum atomic E-state index is 9.18. The zero-order valence-electron chi connectivity index (χ0n) is 12.6. The van der Waals surface area contributed by atoms with Crippen molar-refractivity contribution >= 4 is 0 Å². The van der Waals surface area contributed by atoms with Gasteiger partial charge in [0, 0.05) is 24.7 Å². The van der Waals surface area contributed by atoms with Crippen LogP contribution in [0.3, 0.4) is 0 Å². The molecule has 18 heavy (non-hydrogen) atoms. The van der Waals surface area contributed by atoms with Gasteiger partial charge in [0.05, 0.1) is 0 Å². The first-order valence-electron chi connectivity index (χ1n) is 7.53. The molecule has 0 aromatic carbocycles. The van der Waals surface area contributed by atoms with Gasteiger partial charge >= 0.3 is 0 Å². The summed E-state index contributed by atoms with van der Waals surface area (Å²) in [7, 11) is 0. The molecule has 0 amide bonds. The Morgan fingerprint density at radius 2 is 2.06 bits per heavy atom. The average molecular weight is 256 g/mol. The Morgan fingerprint density at radius 3 is 2.56 bits per heavy atom. The van der Waals surface area contributed by atoms with E-state index in [1.54, 1.807) is 0 Å². The van der Waals surface area contributed by atoms with E-state index in [2.05, 4.69) is 38.3 Å². The van der Waals surface area contributed by atoms with E-state index in [1.165, 1.54) is 32.2 Å². The Kier molecular flexibility index (Phi) is 6.61. The lowest BCUT2D eigenvalue weighted by atomic mass is 9.84. The molecule has 0 spiro atoms. The highest BCUT2D eigenvalue weighted by atomic mass is 16.3. The summed E-state index contributed by atoms with van der Waals surface area (Å²) in [5, 5.41) is 16.5. The molecule has 3 nitrogen and oxygen atoms in total. The van der Waals surface area contributed by atoms with E-state index in [0.29, 0.717) is 18.1 Å². The van der Waals surface area contributed by atoms with Crippen molar-refractivity contribution in [1.82, 2.24) is 10.6 Å². The number of nitrogens with one attached hydrogen (secondary N) is 2. The molecular weight excluding hydrogens is 224 g/mol. The van der Waals surface area contributed by atoms with Crippen molar-refractivity contribution in [3.05, 3.63) is 0 Å². The molecule has 1 heterocycles. The Morgan fingerprint density at radius 1 is 1.33 bits per heavy atom. The lowest BCUT2D eigenvalue weighted by Gasteiger charge is -2.35. The first-order chi connectivity index (χ1) is 8.43. The van der Waals surface area contributed by atoms with Gasteiger partial charge in [-0.1, -0.05) is 27.2 Å². The molecule has 3 atom stereocenters. The highest BCUT2D eigenvalue weighted by Gasteiger charge is 2.26.